The van der Waals surface area contributed by atoms with Gasteiger partial charge in [0.2, 0.25) is 11.8 Å². The molecule has 3 N–H and O–H groups in total. The third-order valence-electron chi connectivity index (χ3n) is 5.10. The maximum Gasteiger partial charge on any atom is 0.242 e. The smallest absolute Gasteiger partial charge is 0.242 e. The molecule has 3 rings (SSSR count). The molecule has 2 unspecified atom stereocenters. The van der Waals surface area contributed by atoms with E-state index in [0.29, 0.717) is 13.0 Å². The summed E-state index contributed by atoms with van der Waals surface area (Å²) in [5.74, 6) is -0.178. The topological polar surface area (TPSA) is 70.2 Å². The van der Waals surface area contributed by atoms with E-state index < -0.39 is 6.04 Å². The molecule has 1 aromatic carbocycles. The molecule has 2 amide bonds. The van der Waals surface area contributed by atoms with Crippen LogP contribution in [0.5, 0.6) is 0 Å². The molecule has 1 saturated carbocycles. The molecule has 2 atom stereocenters. The van der Waals surface area contributed by atoms with Crippen molar-refractivity contribution in [2.45, 2.75) is 70.1 Å². The van der Waals surface area contributed by atoms with Crippen LogP contribution in [0.4, 0.5) is 0 Å². The van der Waals surface area contributed by atoms with E-state index in [1.54, 1.807) is 6.92 Å². The molecule has 1 aliphatic heterocycles. The average Bonchev–Trinajstić information content (AvgIpc) is 2.62. The fourth-order valence-electron chi connectivity index (χ4n) is 3.59. The van der Waals surface area contributed by atoms with E-state index in [0.717, 1.165) is 12.8 Å². The Hall–Kier alpha value is -1.88. The molecule has 1 aromatic rings. The number of hydrogen-bond acceptors (Lipinski definition) is 3. The van der Waals surface area contributed by atoms with Crippen LogP contribution < -0.4 is 16.0 Å². The SMILES string of the molecule is CC(NC(=O)C1Cc2ccccc2CN1)C(=O)NC1CCCCC1. The van der Waals surface area contributed by atoms with Crippen molar-refractivity contribution in [3.63, 3.8) is 0 Å². The minimum atomic E-state index is -0.501. The van der Waals surface area contributed by atoms with Gasteiger partial charge in [-0.1, -0.05) is 43.5 Å². The Balaban J connectivity index is 1.50. The van der Waals surface area contributed by atoms with Crippen molar-refractivity contribution in [3.05, 3.63) is 35.4 Å². The number of benzene rings is 1. The van der Waals surface area contributed by atoms with Crippen molar-refractivity contribution in [2.24, 2.45) is 0 Å². The molecule has 5 nitrogen and oxygen atoms in total. The Morgan fingerprint density at radius 2 is 1.83 bits per heavy atom. The second kappa shape index (κ2) is 7.79. The summed E-state index contributed by atoms with van der Waals surface area (Å²) in [7, 11) is 0. The molecule has 0 bridgehead atoms. The highest BCUT2D eigenvalue weighted by Crippen LogP contribution is 2.18. The zero-order valence-corrected chi connectivity index (χ0v) is 14.3. The first kappa shape index (κ1) is 17.0. The number of carbonyl (C=O) groups excluding carboxylic acids is 2. The summed E-state index contributed by atoms with van der Waals surface area (Å²) in [4.78, 5) is 24.7. The van der Waals surface area contributed by atoms with Crippen LogP contribution in [-0.2, 0) is 22.6 Å². The van der Waals surface area contributed by atoms with E-state index in [1.807, 2.05) is 12.1 Å². The molecule has 1 aliphatic carbocycles. The van der Waals surface area contributed by atoms with Gasteiger partial charge >= 0.3 is 0 Å². The van der Waals surface area contributed by atoms with Crippen LogP contribution in [-0.4, -0.2) is 29.9 Å². The molecule has 1 fully saturated rings. The van der Waals surface area contributed by atoms with Gasteiger partial charge in [-0.25, -0.2) is 0 Å². The minimum Gasteiger partial charge on any atom is -0.352 e. The molecule has 24 heavy (non-hydrogen) atoms. The highest BCUT2D eigenvalue weighted by molar-refractivity contribution is 5.89. The van der Waals surface area contributed by atoms with Gasteiger partial charge in [-0.15, -0.1) is 0 Å². The van der Waals surface area contributed by atoms with Crippen molar-refractivity contribution < 1.29 is 9.59 Å². The Morgan fingerprint density at radius 1 is 1.12 bits per heavy atom. The molecule has 0 radical (unpaired) electrons. The predicted molar refractivity (Wildman–Crippen MR) is 93.4 cm³/mol. The minimum absolute atomic E-state index is 0.0774. The summed E-state index contributed by atoms with van der Waals surface area (Å²) in [5, 5.41) is 9.18. The van der Waals surface area contributed by atoms with Crippen LogP contribution in [0.3, 0.4) is 0 Å². The highest BCUT2D eigenvalue weighted by Gasteiger charge is 2.27. The van der Waals surface area contributed by atoms with Crippen LogP contribution in [0.1, 0.15) is 50.2 Å². The molecule has 0 aromatic heterocycles. The Labute approximate surface area is 143 Å². The van der Waals surface area contributed by atoms with Gasteiger partial charge in [0.1, 0.15) is 6.04 Å². The largest absolute Gasteiger partial charge is 0.352 e. The molecule has 0 saturated heterocycles. The van der Waals surface area contributed by atoms with E-state index in [-0.39, 0.29) is 23.9 Å². The lowest BCUT2D eigenvalue weighted by Crippen LogP contribution is -2.54. The average molecular weight is 329 g/mol. The van der Waals surface area contributed by atoms with Crippen LogP contribution >= 0.6 is 0 Å². The van der Waals surface area contributed by atoms with Gasteiger partial charge in [0.15, 0.2) is 0 Å². The molecule has 1 heterocycles. The Bertz CT molecular complexity index is 596. The first-order chi connectivity index (χ1) is 11.6. The summed E-state index contributed by atoms with van der Waals surface area (Å²) in [6.07, 6.45) is 6.38. The summed E-state index contributed by atoms with van der Waals surface area (Å²) in [6, 6.07) is 7.65. The van der Waals surface area contributed by atoms with Gasteiger partial charge in [0, 0.05) is 12.6 Å². The molecular weight excluding hydrogens is 302 g/mol. The van der Waals surface area contributed by atoms with Crippen LogP contribution in [0, 0.1) is 0 Å². The van der Waals surface area contributed by atoms with Crippen molar-refractivity contribution in [3.8, 4) is 0 Å². The second-order valence-electron chi connectivity index (χ2n) is 6.98. The molecule has 5 heteroatoms. The monoisotopic (exact) mass is 329 g/mol. The number of amides is 2. The van der Waals surface area contributed by atoms with Crippen molar-refractivity contribution in [1.82, 2.24) is 16.0 Å². The van der Waals surface area contributed by atoms with E-state index in [9.17, 15) is 9.59 Å². The maximum absolute atomic E-state index is 12.5. The van der Waals surface area contributed by atoms with E-state index >= 15 is 0 Å². The molecule has 0 spiro atoms. The summed E-state index contributed by atoms with van der Waals surface area (Å²) in [6.45, 7) is 2.45. The van der Waals surface area contributed by atoms with Crippen LogP contribution in [0.25, 0.3) is 0 Å². The number of carbonyl (C=O) groups is 2. The molecule has 2 aliphatic rings. The molecule has 130 valence electrons. The lowest BCUT2D eigenvalue weighted by atomic mass is 9.95. The highest BCUT2D eigenvalue weighted by atomic mass is 16.2. The first-order valence-corrected chi connectivity index (χ1v) is 9.04. The summed E-state index contributed by atoms with van der Waals surface area (Å²) < 4.78 is 0. The Morgan fingerprint density at radius 3 is 2.58 bits per heavy atom. The van der Waals surface area contributed by atoms with Crippen LogP contribution in [0.2, 0.25) is 0 Å². The predicted octanol–water partition coefficient (Wildman–Crippen LogP) is 1.65. The van der Waals surface area contributed by atoms with E-state index in [4.69, 9.17) is 0 Å². The Kier molecular flexibility index (Phi) is 5.51. The third-order valence-corrected chi connectivity index (χ3v) is 5.10. The number of nitrogens with one attached hydrogen (secondary N) is 3. The van der Waals surface area contributed by atoms with Gasteiger partial charge in [0.25, 0.3) is 0 Å². The van der Waals surface area contributed by atoms with E-state index in [2.05, 4.69) is 28.1 Å². The van der Waals surface area contributed by atoms with Gasteiger partial charge in [-0.2, -0.15) is 0 Å². The lowest BCUT2D eigenvalue weighted by molar-refractivity contribution is -0.130. The van der Waals surface area contributed by atoms with E-state index in [1.165, 1.54) is 30.4 Å². The first-order valence-electron chi connectivity index (χ1n) is 9.04. The van der Waals surface area contributed by atoms with Crippen molar-refractivity contribution >= 4 is 11.8 Å². The fourth-order valence-corrected chi connectivity index (χ4v) is 3.59. The standard InChI is InChI=1S/C19H27N3O2/c1-13(18(23)22-16-9-3-2-4-10-16)21-19(24)17-11-14-7-5-6-8-15(14)12-20-17/h5-8,13,16-17,20H,2-4,9-12H2,1H3,(H,21,24)(H,22,23). The zero-order chi connectivity index (χ0) is 16.9. The fraction of sp³-hybridized carbons (Fsp3) is 0.579. The third kappa shape index (κ3) is 4.15. The number of hydrogen-bond donors (Lipinski definition) is 3. The molecular formula is C19H27N3O2. The van der Waals surface area contributed by atoms with Crippen LogP contribution in [0.15, 0.2) is 24.3 Å². The van der Waals surface area contributed by atoms with Crippen molar-refractivity contribution in [1.29, 1.82) is 0 Å². The van der Waals surface area contributed by atoms with Gasteiger partial charge in [0.05, 0.1) is 6.04 Å². The normalized spacial score (nSPS) is 22.3. The van der Waals surface area contributed by atoms with Gasteiger partial charge in [-0.05, 0) is 37.3 Å². The second-order valence-corrected chi connectivity index (χ2v) is 6.98. The summed E-state index contributed by atoms with van der Waals surface area (Å²) >= 11 is 0. The maximum atomic E-state index is 12.5. The van der Waals surface area contributed by atoms with Gasteiger partial charge in [-0.3, -0.25) is 9.59 Å². The summed E-state index contributed by atoms with van der Waals surface area (Å²) in [5.41, 5.74) is 2.44. The number of fused-ring (bicyclic) bond motifs is 1. The number of rotatable bonds is 4. The zero-order valence-electron chi connectivity index (χ0n) is 14.3. The lowest BCUT2D eigenvalue weighted by Gasteiger charge is -2.28. The quantitative estimate of drug-likeness (QED) is 0.787. The van der Waals surface area contributed by atoms with Crippen molar-refractivity contribution in [2.75, 3.05) is 0 Å². The van der Waals surface area contributed by atoms with Gasteiger partial charge < -0.3 is 16.0 Å².